The molecule has 0 unspecified atom stereocenters. The second-order valence-electron chi connectivity index (χ2n) is 5.83. The third kappa shape index (κ3) is 3.75. The molecule has 136 valence electrons. The molecule has 2 heterocycles. The van der Waals surface area contributed by atoms with Crippen molar-refractivity contribution < 1.29 is 4.39 Å². The molecule has 4 rings (SSSR count). The Morgan fingerprint density at radius 3 is 2.52 bits per heavy atom. The van der Waals surface area contributed by atoms with E-state index in [1.807, 2.05) is 25.1 Å². The molecule has 0 N–H and O–H groups in total. The summed E-state index contributed by atoms with van der Waals surface area (Å²) in [7, 11) is 0. The number of hydrogen-bond acceptors (Lipinski definition) is 5. The molecule has 0 fully saturated rings. The van der Waals surface area contributed by atoms with E-state index in [0.717, 1.165) is 22.0 Å². The molecule has 0 saturated heterocycles. The second-order valence-corrected chi connectivity index (χ2v) is 6.79. The molecule has 0 radical (unpaired) electrons. The van der Waals surface area contributed by atoms with Crippen LogP contribution < -0.4 is 0 Å². The summed E-state index contributed by atoms with van der Waals surface area (Å²) in [6.07, 6.45) is 1.73. The lowest BCUT2D eigenvalue weighted by molar-refractivity contribution is 0.552. The molecule has 8 heteroatoms. The summed E-state index contributed by atoms with van der Waals surface area (Å²) < 4.78 is 15.1. The van der Waals surface area contributed by atoms with Gasteiger partial charge >= 0.3 is 0 Å². The van der Waals surface area contributed by atoms with Crippen molar-refractivity contribution in [2.45, 2.75) is 24.2 Å². The molecule has 2 aromatic carbocycles. The van der Waals surface area contributed by atoms with Crippen LogP contribution in [0.2, 0.25) is 0 Å². The van der Waals surface area contributed by atoms with Gasteiger partial charge in [-0.1, -0.05) is 30.3 Å². The van der Waals surface area contributed by atoms with Gasteiger partial charge in [-0.15, -0.1) is 22.0 Å². The van der Waals surface area contributed by atoms with Crippen molar-refractivity contribution in [2.75, 3.05) is 0 Å². The summed E-state index contributed by atoms with van der Waals surface area (Å²) in [5.41, 5.74) is 2.78. The number of rotatable bonds is 6. The zero-order valence-electron chi connectivity index (χ0n) is 14.7. The van der Waals surface area contributed by atoms with Gasteiger partial charge in [0.1, 0.15) is 10.8 Å². The van der Waals surface area contributed by atoms with Gasteiger partial charge in [0.25, 0.3) is 0 Å². The molecule has 0 aliphatic carbocycles. The Morgan fingerprint density at radius 2 is 1.81 bits per heavy atom. The molecule has 0 atom stereocenters. The molecule has 0 amide bonds. The molecule has 6 nitrogen and oxygen atoms in total. The fourth-order valence-electron chi connectivity index (χ4n) is 2.61. The number of halogens is 1. The average molecular weight is 380 g/mol. The Hall–Kier alpha value is -3.00. The van der Waals surface area contributed by atoms with Crippen LogP contribution in [0.1, 0.15) is 12.5 Å². The number of tetrazole rings is 1. The maximum atomic E-state index is 13.3. The number of aromatic nitrogens is 6. The van der Waals surface area contributed by atoms with Crippen LogP contribution in [0.5, 0.6) is 0 Å². The number of benzene rings is 2. The third-order valence-corrected chi connectivity index (χ3v) is 5.14. The van der Waals surface area contributed by atoms with E-state index >= 15 is 0 Å². The van der Waals surface area contributed by atoms with Crippen LogP contribution in [0, 0.1) is 5.82 Å². The third-order valence-electron chi connectivity index (χ3n) is 3.99. The SMILES string of the molecule is CCn1nnc(-c2cnn(-c3ccc(F)cc3)c2SCc2ccccc2)n1. The van der Waals surface area contributed by atoms with E-state index in [4.69, 9.17) is 0 Å². The van der Waals surface area contributed by atoms with Gasteiger partial charge in [0.05, 0.1) is 24.0 Å². The van der Waals surface area contributed by atoms with E-state index < -0.39 is 0 Å². The van der Waals surface area contributed by atoms with Gasteiger partial charge in [0.15, 0.2) is 0 Å². The highest BCUT2D eigenvalue weighted by atomic mass is 32.2. The zero-order chi connectivity index (χ0) is 18.6. The maximum absolute atomic E-state index is 13.3. The Morgan fingerprint density at radius 1 is 1.04 bits per heavy atom. The average Bonchev–Trinajstić information content (AvgIpc) is 3.34. The van der Waals surface area contributed by atoms with Crippen LogP contribution in [0.3, 0.4) is 0 Å². The second kappa shape index (κ2) is 7.71. The van der Waals surface area contributed by atoms with Crippen molar-refractivity contribution in [1.29, 1.82) is 0 Å². The van der Waals surface area contributed by atoms with E-state index in [1.165, 1.54) is 22.5 Å². The molecule has 2 aromatic heterocycles. The quantitative estimate of drug-likeness (QED) is 0.474. The van der Waals surface area contributed by atoms with Gasteiger partial charge in [-0.3, -0.25) is 0 Å². The molecular formula is C19H17FN6S. The Bertz CT molecular complexity index is 1030. The van der Waals surface area contributed by atoms with E-state index in [1.54, 1.807) is 34.8 Å². The predicted molar refractivity (Wildman–Crippen MR) is 102 cm³/mol. The summed E-state index contributed by atoms with van der Waals surface area (Å²) >= 11 is 1.63. The minimum Gasteiger partial charge on any atom is -0.226 e. The molecule has 4 aromatic rings. The predicted octanol–water partition coefficient (Wildman–Crippen LogP) is 3.98. The molecular weight excluding hydrogens is 363 g/mol. The lowest BCUT2D eigenvalue weighted by atomic mass is 10.2. The van der Waals surface area contributed by atoms with Crippen LogP contribution in [0.25, 0.3) is 17.1 Å². The molecule has 0 saturated carbocycles. The van der Waals surface area contributed by atoms with Crippen LogP contribution in [0.4, 0.5) is 4.39 Å². The summed E-state index contributed by atoms with van der Waals surface area (Å²) in [5.74, 6) is 1.01. The van der Waals surface area contributed by atoms with Crippen LogP contribution in [-0.2, 0) is 12.3 Å². The smallest absolute Gasteiger partial charge is 0.209 e. The Labute approximate surface area is 160 Å². The first-order chi connectivity index (χ1) is 13.2. The van der Waals surface area contributed by atoms with Crippen molar-refractivity contribution in [3.63, 3.8) is 0 Å². The largest absolute Gasteiger partial charge is 0.226 e. The fraction of sp³-hybridized carbons (Fsp3) is 0.158. The monoisotopic (exact) mass is 380 g/mol. The normalized spacial score (nSPS) is 11.0. The van der Waals surface area contributed by atoms with E-state index in [-0.39, 0.29) is 5.82 Å². The van der Waals surface area contributed by atoms with Crippen molar-refractivity contribution in [1.82, 2.24) is 30.0 Å². The molecule has 27 heavy (non-hydrogen) atoms. The van der Waals surface area contributed by atoms with Gasteiger partial charge < -0.3 is 0 Å². The maximum Gasteiger partial charge on any atom is 0.209 e. The van der Waals surface area contributed by atoms with Crippen LogP contribution in [0.15, 0.2) is 65.8 Å². The Kier molecular flexibility index (Phi) is 4.97. The molecule has 0 spiro atoms. The zero-order valence-corrected chi connectivity index (χ0v) is 15.5. The number of hydrogen-bond donors (Lipinski definition) is 0. The highest BCUT2D eigenvalue weighted by Gasteiger charge is 2.18. The van der Waals surface area contributed by atoms with E-state index in [2.05, 4.69) is 32.6 Å². The van der Waals surface area contributed by atoms with E-state index in [0.29, 0.717) is 12.4 Å². The number of nitrogens with zero attached hydrogens (tertiary/aromatic N) is 6. The van der Waals surface area contributed by atoms with Gasteiger partial charge in [0, 0.05) is 5.75 Å². The first-order valence-corrected chi connectivity index (χ1v) is 9.52. The first-order valence-electron chi connectivity index (χ1n) is 8.53. The highest BCUT2D eigenvalue weighted by molar-refractivity contribution is 7.98. The lowest BCUT2D eigenvalue weighted by Crippen LogP contribution is -2.00. The van der Waals surface area contributed by atoms with Crippen LogP contribution >= 0.6 is 11.8 Å². The minimum atomic E-state index is -0.280. The lowest BCUT2D eigenvalue weighted by Gasteiger charge is -2.09. The summed E-state index contributed by atoms with van der Waals surface area (Å²) in [4.78, 5) is 1.54. The van der Waals surface area contributed by atoms with Gasteiger partial charge in [-0.25, -0.2) is 9.07 Å². The molecule has 0 bridgehead atoms. The van der Waals surface area contributed by atoms with Gasteiger partial charge in [-0.2, -0.15) is 9.90 Å². The molecule has 0 aliphatic rings. The van der Waals surface area contributed by atoms with Crippen molar-refractivity contribution in [3.05, 3.63) is 72.2 Å². The van der Waals surface area contributed by atoms with Crippen molar-refractivity contribution in [3.8, 4) is 17.1 Å². The van der Waals surface area contributed by atoms with Crippen LogP contribution in [-0.4, -0.2) is 30.0 Å². The van der Waals surface area contributed by atoms with Crippen molar-refractivity contribution >= 4 is 11.8 Å². The number of aryl methyl sites for hydroxylation is 1. The van der Waals surface area contributed by atoms with Gasteiger partial charge in [-0.05, 0) is 42.0 Å². The van der Waals surface area contributed by atoms with E-state index in [9.17, 15) is 4.39 Å². The topological polar surface area (TPSA) is 61.4 Å². The highest BCUT2D eigenvalue weighted by Crippen LogP contribution is 2.33. The summed E-state index contributed by atoms with van der Waals surface area (Å²) in [5, 5.41) is 18.0. The standard InChI is InChI=1S/C19H17FN6S/c1-2-25-23-18(22-24-25)17-12-21-26(16-10-8-15(20)9-11-16)19(17)27-13-14-6-4-3-5-7-14/h3-12H,2,13H2,1H3. The summed E-state index contributed by atoms with van der Waals surface area (Å²) in [6, 6.07) is 16.4. The summed E-state index contributed by atoms with van der Waals surface area (Å²) in [6.45, 7) is 2.60. The Balaban J connectivity index is 1.73. The fourth-order valence-corrected chi connectivity index (χ4v) is 3.68. The number of thioether (sulfide) groups is 1. The van der Waals surface area contributed by atoms with Crippen molar-refractivity contribution in [2.24, 2.45) is 0 Å². The minimum absolute atomic E-state index is 0.280. The molecule has 0 aliphatic heterocycles. The first kappa shape index (κ1) is 17.4. The van der Waals surface area contributed by atoms with Gasteiger partial charge in [0.2, 0.25) is 5.82 Å².